The van der Waals surface area contributed by atoms with Crippen molar-refractivity contribution in [3.05, 3.63) is 35.9 Å². The number of aliphatic hydroxyl groups excluding tert-OH is 1. The Balaban J connectivity index is 1.93. The maximum atomic E-state index is 11.0. The minimum absolute atomic E-state index is 0.246. The van der Waals surface area contributed by atoms with Gasteiger partial charge < -0.3 is 9.84 Å². The van der Waals surface area contributed by atoms with E-state index in [0.717, 1.165) is 12.0 Å². The van der Waals surface area contributed by atoms with Gasteiger partial charge in [0.15, 0.2) is 0 Å². The van der Waals surface area contributed by atoms with Crippen LogP contribution in [-0.2, 0) is 4.74 Å². The quantitative estimate of drug-likeness (QED) is 0.349. The summed E-state index contributed by atoms with van der Waals surface area (Å²) in [6, 6.07) is 10.0. The molecule has 1 aliphatic rings. The Hall–Kier alpha value is -0.643. The Morgan fingerprint density at radius 1 is 1.04 bits per heavy atom. The zero-order valence-corrected chi connectivity index (χ0v) is 16.3. The molecule has 1 unspecified atom stereocenters. The Bertz CT molecular complexity index is 468. The molecule has 1 heterocycles. The van der Waals surface area contributed by atoms with E-state index in [1.807, 2.05) is 30.3 Å². The van der Waals surface area contributed by atoms with Gasteiger partial charge in [-0.2, -0.15) is 0 Å². The first-order valence-corrected chi connectivity index (χ1v) is 12.8. The van der Waals surface area contributed by atoms with Crippen LogP contribution in [0.3, 0.4) is 0 Å². The maximum Gasteiger partial charge on any atom is 0.113 e. The second-order valence-electron chi connectivity index (χ2n) is 8.02. The summed E-state index contributed by atoms with van der Waals surface area (Å²) in [6.45, 7) is 9.21. The van der Waals surface area contributed by atoms with Gasteiger partial charge in [-0.25, -0.2) is 0 Å². The van der Waals surface area contributed by atoms with Gasteiger partial charge in [-0.05, 0) is 12.0 Å². The van der Waals surface area contributed by atoms with Gasteiger partial charge in [0.1, 0.15) is 11.3 Å². The van der Waals surface area contributed by atoms with Crippen molar-refractivity contribution < 1.29 is 9.84 Å². The minimum Gasteiger partial charge on any atom is -0.386 e. The second-order valence-corrected chi connectivity index (χ2v) is 13.3. The highest BCUT2D eigenvalue weighted by atomic mass is 28.3. The minimum atomic E-state index is -1.64. The molecule has 0 bridgehead atoms. The van der Waals surface area contributed by atoms with Crippen LogP contribution in [0.25, 0.3) is 0 Å². The van der Waals surface area contributed by atoms with Gasteiger partial charge in [0, 0.05) is 0 Å². The zero-order chi connectivity index (χ0) is 16.9. The number of hydrogen-bond donors (Lipinski definition) is 1. The molecule has 2 rings (SSSR count). The van der Waals surface area contributed by atoms with Crippen LogP contribution < -0.4 is 0 Å². The van der Waals surface area contributed by atoms with Crippen LogP contribution in [0.2, 0.25) is 19.6 Å². The maximum absolute atomic E-state index is 11.0. The van der Waals surface area contributed by atoms with E-state index < -0.39 is 14.2 Å². The fourth-order valence-electron chi connectivity index (χ4n) is 3.78. The van der Waals surface area contributed by atoms with Crippen molar-refractivity contribution in [2.24, 2.45) is 0 Å². The summed E-state index contributed by atoms with van der Waals surface area (Å²) in [6.07, 6.45) is 8.72. The highest BCUT2D eigenvalue weighted by molar-refractivity contribution is 6.80. The van der Waals surface area contributed by atoms with Crippen LogP contribution in [-0.4, -0.2) is 24.5 Å². The van der Waals surface area contributed by atoms with E-state index in [-0.39, 0.29) is 11.3 Å². The van der Waals surface area contributed by atoms with Crippen molar-refractivity contribution in [3.8, 4) is 0 Å². The van der Waals surface area contributed by atoms with E-state index >= 15 is 0 Å². The van der Waals surface area contributed by atoms with Gasteiger partial charge in [0.25, 0.3) is 0 Å². The average Bonchev–Trinajstić information content (AvgIpc) is 3.26. The van der Waals surface area contributed by atoms with Crippen LogP contribution in [0.1, 0.15) is 63.5 Å². The van der Waals surface area contributed by atoms with Crippen molar-refractivity contribution in [2.75, 3.05) is 0 Å². The van der Waals surface area contributed by atoms with Gasteiger partial charge in [0.05, 0.1) is 14.2 Å². The Labute approximate surface area is 143 Å². The topological polar surface area (TPSA) is 32.8 Å². The number of benzene rings is 1. The predicted molar refractivity (Wildman–Crippen MR) is 100 cm³/mol. The molecule has 0 amide bonds. The van der Waals surface area contributed by atoms with Gasteiger partial charge >= 0.3 is 0 Å². The molecule has 1 aromatic carbocycles. The summed E-state index contributed by atoms with van der Waals surface area (Å²) in [4.78, 5) is 0. The lowest BCUT2D eigenvalue weighted by atomic mass is 10.0. The monoisotopic (exact) mass is 334 g/mol. The largest absolute Gasteiger partial charge is 0.386 e. The third kappa shape index (κ3) is 4.26. The fraction of sp³-hybridized carbons (Fsp3) is 0.700. The normalized spacial score (nSPS) is 25.3. The first-order valence-electron chi connectivity index (χ1n) is 9.34. The highest BCUT2D eigenvalue weighted by Crippen LogP contribution is 2.54. The van der Waals surface area contributed by atoms with E-state index in [0.29, 0.717) is 0 Å². The number of hydrogen-bond acceptors (Lipinski definition) is 2. The number of ether oxygens (including phenoxy) is 1. The summed E-state index contributed by atoms with van der Waals surface area (Å²) in [5, 5.41) is 10.7. The predicted octanol–water partition coefficient (Wildman–Crippen LogP) is 5.49. The first-order chi connectivity index (χ1) is 10.9. The molecule has 1 aromatic rings. The first kappa shape index (κ1) is 18.7. The molecule has 3 atom stereocenters. The molecule has 1 fully saturated rings. The summed E-state index contributed by atoms with van der Waals surface area (Å²) in [5.41, 5.74) is 1.00. The van der Waals surface area contributed by atoms with Crippen LogP contribution >= 0.6 is 0 Å². The van der Waals surface area contributed by atoms with E-state index in [9.17, 15) is 5.11 Å². The average molecular weight is 335 g/mol. The third-order valence-electron chi connectivity index (χ3n) is 5.27. The van der Waals surface area contributed by atoms with Gasteiger partial charge in [-0.1, -0.05) is 95.4 Å². The summed E-state index contributed by atoms with van der Waals surface area (Å²) < 4.78 is 6.22. The smallest absolute Gasteiger partial charge is 0.113 e. The van der Waals surface area contributed by atoms with Gasteiger partial charge in [0.2, 0.25) is 0 Å². The molecule has 3 heteroatoms. The van der Waals surface area contributed by atoms with Crippen molar-refractivity contribution in [1.82, 2.24) is 0 Å². The Kier molecular flexibility index (Phi) is 6.46. The zero-order valence-electron chi connectivity index (χ0n) is 15.3. The van der Waals surface area contributed by atoms with Crippen molar-refractivity contribution >= 4 is 8.07 Å². The van der Waals surface area contributed by atoms with Crippen molar-refractivity contribution in [2.45, 2.75) is 88.9 Å². The molecule has 23 heavy (non-hydrogen) atoms. The lowest BCUT2D eigenvalue weighted by Crippen LogP contribution is -2.48. The van der Waals surface area contributed by atoms with Crippen LogP contribution in [0, 0.1) is 0 Å². The summed E-state index contributed by atoms with van der Waals surface area (Å²) in [5.74, 6) is 0. The molecule has 0 aliphatic carbocycles. The number of epoxide rings is 1. The molecule has 1 N–H and O–H groups in total. The van der Waals surface area contributed by atoms with Crippen LogP contribution in [0.5, 0.6) is 0 Å². The molecule has 2 nitrogen and oxygen atoms in total. The Morgan fingerprint density at radius 2 is 1.65 bits per heavy atom. The molecule has 0 saturated carbocycles. The van der Waals surface area contributed by atoms with E-state index in [1.54, 1.807) is 0 Å². The molecular weight excluding hydrogens is 300 g/mol. The standard InChI is InChI=1S/C20H34O2Si/c1-5-6-7-8-9-13-16-18-20(22-18,23(2,3)4)19(21)17-14-11-10-12-15-17/h10-12,14-15,18-19,21H,5-9,13,16H2,1-4H3/t18-,19?,20-/m0/s1. The lowest BCUT2D eigenvalue weighted by Gasteiger charge is -2.31. The van der Waals surface area contributed by atoms with Gasteiger partial charge in [-0.3, -0.25) is 0 Å². The molecule has 1 saturated heterocycles. The van der Waals surface area contributed by atoms with E-state index in [4.69, 9.17) is 4.74 Å². The molecule has 1 aliphatic heterocycles. The fourth-order valence-corrected chi connectivity index (χ4v) is 6.37. The third-order valence-corrected chi connectivity index (χ3v) is 8.33. The molecule has 0 aromatic heterocycles. The highest BCUT2D eigenvalue weighted by Gasteiger charge is 2.67. The molecular formula is C20H34O2Si. The number of unbranched alkanes of at least 4 members (excludes halogenated alkanes) is 5. The van der Waals surface area contributed by atoms with Crippen LogP contribution in [0.4, 0.5) is 0 Å². The van der Waals surface area contributed by atoms with Crippen molar-refractivity contribution in [1.29, 1.82) is 0 Å². The lowest BCUT2D eigenvalue weighted by molar-refractivity contribution is 0.111. The molecule has 130 valence electrons. The Morgan fingerprint density at radius 3 is 2.26 bits per heavy atom. The summed E-state index contributed by atoms with van der Waals surface area (Å²) >= 11 is 0. The molecule has 0 spiro atoms. The van der Waals surface area contributed by atoms with E-state index in [2.05, 4.69) is 26.6 Å². The SMILES string of the molecule is CCCCCCCC[C@@H]1O[C@]1(C(O)c1ccccc1)[Si](C)(C)C. The van der Waals surface area contributed by atoms with Crippen molar-refractivity contribution in [3.63, 3.8) is 0 Å². The van der Waals surface area contributed by atoms with Crippen LogP contribution in [0.15, 0.2) is 30.3 Å². The summed E-state index contributed by atoms with van der Waals surface area (Å²) in [7, 11) is -1.64. The number of aliphatic hydroxyl groups is 1. The number of rotatable bonds is 10. The second kappa shape index (κ2) is 7.95. The molecule has 0 radical (unpaired) electrons. The van der Waals surface area contributed by atoms with E-state index in [1.165, 1.54) is 38.5 Å². The van der Waals surface area contributed by atoms with Gasteiger partial charge in [-0.15, -0.1) is 0 Å².